The van der Waals surface area contributed by atoms with Crippen LogP contribution < -0.4 is 81.4 Å². The van der Waals surface area contributed by atoms with Crippen LogP contribution in [0.5, 0.6) is 0 Å². The molecule has 0 unspecified atom stereocenters. The number of carboxylic acid groups (broad SMARTS) is 1. The number of nitrogens with two attached hydrogens (primary N) is 4. The first kappa shape index (κ1) is 78.7. The minimum atomic E-state index is -1.93. The van der Waals surface area contributed by atoms with Crippen molar-refractivity contribution >= 4 is 102 Å². The van der Waals surface area contributed by atoms with Gasteiger partial charge in [-0.1, -0.05) is 101 Å². The molecule has 0 saturated heterocycles. The van der Waals surface area contributed by atoms with Crippen LogP contribution in [0.2, 0.25) is 0 Å². The topological polar surface area (TPSA) is 536 Å². The van der Waals surface area contributed by atoms with Crippen molar-refractivity contribution in [3.8, 4) is 0 Å². The Balaban J connectivity index is 2.47. The summed E-state index contributed by atoms with van der Waals surface area (Å²) in [5.74, 6) is -13.3. The predicted octanol–water partition coefficient (Wildman–Crippen LogP) is -3.55. The lowest BCUT2D eigenvalue weighted by Gasteiger charge is -2.32. The Hall–Kier alpha value is -9.40. The van der Waals surface area contributed by atoms with Crippen molar-refractivity contribution in [1.82, 2.24) is 63.4 Å². The van der Waals surface area contributed by atoms with Crippen LogP contribution in [-0.2, 0) is 70.4 Å². The Morgan fingerprint density at radius 1 is 0.543 bits per heavy atom. The first-order chi connectivity index (χ1) is 43.6. The van der Waals surface area contributed by atoms with E-state index in [0.29, 0.717) is 10.5 Å². The summed E-state index contributed by atoms with van der Waals surface area (Å²) >= 11 is 4.15. The fraction of sp³-hybridized carbons (Fsp3) is 0.542. The number of hydrogen-bond acceptors (Lipinski definition) is 17. The molecule has 0 aromatic heterocycles. The van der Waals surface area contributed by atoms with Gasteiger partial charge in [0, 0.05) is 32.5 Å². The largest absolute Gasteiger partial charge is 0.481 e. The molecule has 507 valence electrons. The number of benzene rings is 2. The highest BCUT2D eigenvalue weighted by molar-refractivity contribution is 7.80. The van der Waals surface area contributed by atoms with Crippen LogP contribution >= 0.6 is 12.6 Å². The van der Waals surface area contributed by atoms with E-state index in [-0.39, 0.29) is 108 Å². The van der Waals surface area contributed by atoms with Crippen molar-refractivity contribution in [3.63, 3.8) is 0 Å². The van der Waals surface area contributed by atoms with E-state index in [1.165, 1.54) is 0 Å². The average molecular weight is 1310 g/mol. The number of carbonyl (C=O) groups excluding carboxylic acids is 11. The standard InChI is InChI=1S/C59H92N19O13S/c1-5-34(3)48(76-51(86)40(21-14-25-68-58(63)64)72-45(81)32-70-44(80)31-71-50(85)39(60)28-36-16-9-7-10-17-36)54(89)74-42(30-47(83)84)53(88)73-41(22-15-26-69-59(65)66)52(87)77-49(35(4)6-2)55(90)75-43(29-37-18-11-8-12-19-37)56(91)78(46(82)23-27-92)38(33-79)20-13-24-67-57(61)62/h7-12,16-19,34-35,38-43,48-49,92H,5-6,13-15,20-32,60H2,1-4H3,(H,70,80)(H,71,85)(H,72,81)(H,73,88)(H,74,89)(H,75,90)(H,76,86)(H,77,87)(H,83,84)(H4,61,62,67)(H4,63,64,68)(H4,65,66,69)/t34-,35-,38-,39-,40-,41-,42-,43-,48-,49-/m0/s1. The summed E-state index contributed by atoms with van der Waals surface area (Å²) in [6.07, 6.45) is 0.735. The summed E-state index contributed by atoms with van der Waals surface area (Å²) in [6.45, 7) is 5.53. The van der Waals surface area contributed by atoms with E-state index >= 15 is 0 Å². The third-order valence-corrected chi connectivity index (χ3v) is 14.7. The van der Waals surface area contributed by atoms with E-state index in [1.54, 1.807) is 94.6 Å². The lowest BCUT2D eigenvalue weighted by Crippen LogP contribution is -2.62. The fourth-order valence-corrected chi connectivity index (χ4v) is 9.27. The molecule has 0 spiro atoms. The fourth-order valence-electron chi connectivity index (χ4n) is 9.08. The summed E-state index contributed by atoms with van der Waals surface area (Å²) < 4.78 is 0. The summed E-state index contributed by atoms with van der Waals surface area (Å²) in [5, 5.41) is 60.4. The lowest BCUT2D eigenvalue weighted by atomic mass is 9.96. The number of hydrogen-bond donors (Lipinski definition) is 20. The molecule has 0 aliphatic rings. The predicted molar refractivity (Wildman–Crippen MR) is 344 cm³/mol. The van der Waals surface area contributed by atoms with Gasteiger partial charge in [-0.3, -0.25) is 78.7 Å². The molecule has 10 atom stereocenters. The Morgan fingerprint density at radius 3 is 1.41 bits per heavy atom. The van der Waals surface area contributed by atoms with Crippen LogP contribution in [0, 0.1) is 28.1 Å². The van der Waals surface area contributed by atoms with E-state index in [9.17, 15) is 62.6 Å². The van der Waals surface area contributed by atoms with Gasteiger partial charge in [0.15, 0.2) is 17.9 Å². The van der Waals surface area contributed by atoms with Gasteiger partial charge >= 0.3 is 5.97 Å². The molecule has 92 heavy (non-hydrogen) atoms. The number of imide groups is 1. The maximum atomic E-state index is 14.7. The third kappa shape index (κ3) is 29.9. The van der Waals surface area contributed by atoms with Gasteiger partial charge in [0.25, 0.3) is 5.91 Å². The third-order valence-electron chi connectivity index (χ3n) is 14.5. The quantitative estimate of drug-likeness (QED) is 0.0132. The molecular weight excluding hydrogens is 1210 g/mol. The van der Waals surface area contributed by atoms with Crippen molar-refractivity contribution in [2.24, 2.45) is 34.8 Å². The van der Waals surface area contributed by atoms with E-state index in [4.69, 9.17) is 39.2 Å². The molecule has 0 bridgehead atoms. The summed E-state index contributed by atoms with van der Waals surface area (Å²) in [6, 6.07) is 5.48. The minimum absolute atomic E-state index is 0.0114. The summed E-state index contributed by atoms with van der Waals surface area (Å²) in [7, 11) is 0. The van der Waals surface area contributed by atoms with Gasteiger partial charge in [-0.25, -0.2) is 0 Å². The number of nitrogens with zero attached hydrogens (tertiary/aromatic N) is 1. The molecule has 32 nitrogen and oxygen atoms in total. The van der Waals surface area contributed by atoms with E-state index in [1.807, 2.05) is 0 Å². The zero-order valence-corrected chi connectivity index (χ0v) is 53.2. The van der Waals surface area contributed by atoms with Gasteiger partial charge in [-0.15, -0.1) is 0 Å². The molecule has 0 heterocycles. The molecule has 2 rings (SSSR count). The number of carbonyl (C=O) groups is 11. The lowest BCUT2D eigenvalue weighted by molar-refractivity contribution is -0.149. The van der Waals surface area contributed by atoms with Crippen LogP contribution in [0.15, 0.2) is 60.7 Å². The Morgan fingerprint density at radius 2 is 0.967 bits per heavy atom. The molecule has 2 aromatic carbocycles. The molecule has 33 heteroatoms. The SMILES string of the molecule is CC[C@H](C)[C@H](NC(=O)[C@H](CCCNC(=N)N)NC(=O)CNC(=O)CNC(=O)[C@@H](N)Cc1ccccc1)C(=O)N[C@@H](CC(=O)O)C(=O)N[C@@H](CCCNC(=N)N)C(=O)N[C@H](C(=O)N[C@@H](Cc1ccccc1)C(=O)N(C(=O)CCS)[C@H]([C]=O)CCCNC(=N)N)[C@@H](C)CC. The maximum Gasteiger partial charge on any atom is 0.305 e. The zero-order valence-electron chi connectivity index (χ0n) is 52.3. The minimum Gasteiger partial charge on any atom is -0.481 e. The highest BCUT2D eigenvalue weighted by Crippen LogP contribution is 2.17. The van der Waals surface area contributed by atoms with Crippen molar-refractivity contribution in [2.75, 3.05) is 38.5 Å². The van der Waals surface area contributed by atoms with E-state index in [2.05, 4.69) is 71.1 Å². The van der Waals surface area contributed by atoms with Crippen LogP contribution in [0.25, 0.3) is 0 Å². The van der Waals surface area contributed by atoms with Crippen LogP contribution in [0.4, 0.5) is 0 Å². The first-order valence-corrected chi connectivity index (χ1v) is 30.8. The number of carboxylic acids is 1. The molecule has 0 aliphatic carbocycles. The number of aliphatic carboxylic acids is 1. The van der Waals surface area contributed by atoms with Crippen molar-refractivity contribution in [3.05, 3.63) is 71.8 Å². The van der Waals surface area contributed by atoms with E-state index in [0.717, 1.165) is 5.56 Å². The van der Waals surface area contributed by atoms with Gasteiger partial charge < -0.3 is 86.5 Å². The summed E-state index contributed by atoms with van der Waals surface area (Å²) in [4.78, 5) is 165. The molecule has 10 amide bonds. The smallest absolute Gasteiger partial charge is 0.305 e. The van der Waals surface area contributed by atoms with Crippen LogP contribution in [0.3, 0.4) is 0 Å². The van der Waals surface area contributed by atoms with Gasteiger partial charge in [-0.05, 0) is 73.7 Å². The highest BCUT2D eigenvalue weighted by Gasteiger charge is 2.39. The molecular formula is C59H92N19O13S. The zero-order chi connectivity index (χ0) is 68.9. The molecule has 1 radical (unpaired) electrons. The first-order valence-electron chi connectivity index (χ1n) is 30.1. The normalized spacial score (nSPS) is 14.1. The number of thiol groups is 1. The van der Waals surface area contributed by atoms with Crippen molar-refractivity contribution < 1.29 is 62.6 Å². The summed E-state index contributed by atoms with van der Waals surface area (Å²) in [5.41, 5.74) is 23.6. The monoisotopic (exact) mass is 1310 g/mol. The maximum absolute atomic E-state index is 14.7. The van der Waals surface area contributed by atoms with E-state index < -0.39 is 151 Å². The molecule has 0 saturated carbocycles. The second-order valence-electron chi connectivity index (χ2n) is 21.8. The average Bonchev–Trinajstić information content (AvgIpc) is 0.875. The van der Waals surface area contributed by atoms with Crippen LogP contribution in [0.1, 0.15) is 103 Å². The van der Waals surface area contributed by atoms with Crippen molar-refractivity contribution in [2.45, 2.75) is 153 Å². The molecule has 0 fully saturated rings. The molecule has 2 aromatic rings. The van der Waals surface area contributed by atoms with Gasteiger partial charge in [-0.2, -0.15) is 12.6 Å². The van der Waals surface area contributed by atoms with Gasteiger partial charge in [0.05, 0.1) is 25.6 Å². The number of nitrogens with one attached hydrogen (secondary N) is 14. The number of guanidine groups is 3. The molecule has 23 N–H and O–H groups in total. The van der Waals surface area contributed by atoms with Crippen molar-refractivity contribution in [1.29, 1.82) is 16.2 Å². The molecule has 0 aliphatic heterocycles. The number of amides is 10. The van der Waals surface area contributed by atoms with Crippen LogP contribution in [-0.4, -0.2) is 186 Å². The Kier molecular flexibility index (Phi) is 36.4. The Bertz CT molecular complexity index is 2820. The second kappa shape index (κ2) is 42.6. The highest BCUT2D eigenvalue weighted by atomic mass is 32.1. The van der Waals surface area contributed by atoms with Gasteiger partial charge in [0.2, 0.25) is 59.5 Å². The van der Waals surface area contributed by atoms with Gasteiger partial charge in [0.1, 0.15) is 42.3 Å². The number of rotatable bonds is 43. The Labute approximate surface area is 540 Å². The second-order valence-corrected chi connectivity index (χ2v) is 22.2.